The van der Waals surface area contributed by atoms with Crippen LogP contribution < -0.4 is 15.5 Å². The molecule has 0 fully saturated rings. The number of carbonyl (C=O) groups is 1. The van der Waals surface area contributed by atoms with Crippen LogP contribution in [0.2, 0.25) is 0 Å². The van der Waals surface area contributed by atoms with Crippen LogP contribution in [-0.4, -0.2) is 30.4 Å². The van der Waals surface area contributed by atoms with Crippen LogP contribution in [0, 0.1) is 6.92 Å². The molecule has 0 atom stereocenters. The van der Waals surface area contributed by atoms with E-state index < -0.39 is 0 Å². The van der Waals surface area contributed by atoms with Gasteiger partial charge in [0.2, 0.25) is 0 Å². The van der Waals surface area contributed by atoms with Crippen molar-refractivity contribution in [1.29, 1.82) is 0 Å². The Morgan fingerprint density at radius 1 is 1.36 bits per heavy atom. The molecule has 0 aliphatic carbocycles. The van der Waals surface area contributed by atoms with Gasteiger partial charge in [-0.05, 0) is 65.2 Å². The maximum Gasteiger partial charge on any atom is 0.259 e. The lowest BCUT2D eigenvalue weighted by atomic mass is 10.2. The summed E-state index contributed by atoms with van der Waals surface area (Å²) >= 11 is 3.26. The van der Waals surface area contributed by atoms with Gasteiger partial charge in [0.05, 0.1) is 23.8 Å². The van der Waals surface area contributed by atoms with Gasteiger partial charge in [0.15, 0.2) is 11.5 Å². The van der Waals surface area contributed by atoms with Gasteiger partial charge >= 0.3 is 0 Å². The quantitative estimate of drug-likeness (QED) is 0.486. The number of halogens is 1. The molecule has 0 saturated heterocycles. The molecular weight excluding hydrogens is 386 g/mol. The van der Waals surface area contributed by atoms with E-state index in [4.69, 9.17) is 4.74 Å². The van der Waals surface area contributed by atoms with Crippen LogP contribution in [0.1, 0.15) is 18.1 Å². The number of aryl methyl sites for hydroxylation is 1. The molecule has 0 aliphatic rings. The van der Waals surface area contributed by atoms with Gasteiger partial charge in [-0.3, -0.25) is 4.79 Å². The molecule has 1 amide bonds. The van der Waals surface area contributed by atoms with Crippen LogP contribution in [0.15, 0.2) is 46.0 Å². The van der Waals surface area contributed by atoms with E-state index in [1.807, 2.05) is 38.1 Å². The fraction of sp³-hybridized carbons (Fsp3) is 0.222. The van der Waals surface area contributed by atoms with Crippen LogP contribution in [0.5, 0.6) is 11.5 Å². The van der Waals surface area contributed by atoms with Crippen LogP contribution in [0.4, 0.5) is 5.69 Å². The molecule has 0 spiro atoms. The summed E-state index contributed by atoms with van der Waals surface area (Å²) < 4.78 is 5.84. The summed E-state index contributed by atoms with van der Waals surface area (Å²) in [4.78, 5) is 11.8. The van der Waals surface area contributed by atoms with E-state index in [9.17, 15) is 9.90 Å². The number of carbonyl (C=O) groups excluding carboxylic acids is 1. The van der Waals surface area contributed by atoms with Crippen molar-refractivity contribution >= 4 is 33.7 Å². The average molecular weight is 406 g/mol. The second-order valence-electron chi connectivity index (χ2n) is 5.30. The van der Waals surface area contributed by atoms with Crippen molar-refractivity contribution in [1.82, 2.24) is 5.43 Å². The number of nitrogens with zero attached hydrogens (tertiary/aromatic N) is 1. The lowest BCUT2D eigenvalue weighted by Gasteiger charge is -2.08. The van der Waals surface area contributed by atoms with Gasteiger partial charge in [-0.15, -0.1) is 0 Å². The molecule has 0 saturated carbocycles. The molecule has 0 heterocycles. The fourth-order valence-corrected chi connectivity index (χ4v) is 2.55. The van der Waals surface area contributed by atoms with Crippen LogP contribution in [0.25, 0.3) is 0 Å². The van der Waals surface area contributed by atoms with Gasteiger partial charge in [0.1, 0.15) is 0 Å². The molecule has 2 aromatic carbocycles. The molecule has 2 aromatic rings. The Morgan fingerprint density at radius 3 is 2.88 bits per heavy atom. The molecular formula is C18H20BrN3O3. The van der Waals surface area contributed by atoms with Crippen molar-refractivity contribution in [3.63, 3.8) is 0 Å². The number of amides is 1. The number of phenolic OH excluding ortho intramolecular Hbond substituents is 1. The topological polar surface area (TPSA) is 83.0 Å². The van der Waals surface area contributed by atoms with Gasteiger partial charge in [0.25, 0.3) is 5.91 Å². The Hall–Kier alpha value is -2.54. The van der Waals surface area contributed by atoms with Gasteiger partial charge < -0.3 is 15.2 Å². The maximum atomic E-state index is 11.8. The minimum absolute atomic E-state index is 0.0328. The Kier molecular flexibility index (Phi) is 6.82. The Bertz CT molecular complexity index is 778. The van der Waals surface area contributed by atoms with Crippen molar-refractivity contribution in [2.75, 3.05) is 18.5 Å². The molecule has 132 valence electrons. The summed E-state index contributed by atoms with van der Waals surface area (Å²) in [5.41, 5.74) is 5.13. The normalized spacial score (nSPS) is 10.7. The lowest BCUT2D eigenvalue weighted by Crippen LogP contribution is -2.25. The number of hydrogen-bond donors (Lipinski definition) is 3. The summed E-state index contributed by atoms with van der Waals surface area (Å²) in [5.74, 6) is 0.122. The van der Waals surface area contributed by atoms with Crippen LogP contribution in [-0.2, 0) is 4.79 Å². The van der Waals surface area contributed by atoms with Crippen molar-refractivity contribution in [2.45, 2.75) is 13.8 Å². The minimum atomic E-state index is -0.263. The first-order valence-electron chi connectivity index (χ1n) is 7.77. The number of ether oxygens (including phenoxy) is 1. The molecule has 0 radical (unpaired) electrons. The first kappa shape index (κ1) is 18.8. The number of rotatable bonds is 7. The van der Waals surface area contributed by atoms with E-state index in [1.54, 1.807) is 12.1 Å². The molecule has 7 heteroatoms. The van der Waals surface area contributed by atoms with Crippen molar-refractivity contribution in [2.24, 2.45) is 5.10 Å². The average Bonchev–Trinajstić information content (AvgIpc) is 2.58. The van der Waals surface area contributed by atoms with Crippen molar-refractivity contribution in [3.05, 3.63) is 52.0 Å². The monoisotopic (exact) mass is 405 g/mol. The highest BCUT2D eigenvalue weighted by atomic mass is 79.9. The number of benzene rings is 2. The van der Waals surface area contributed by atoms with Crippen LogP contribution >= 0.6 is 15.9 Å². The highest BCUT2D eigenvalue weighted by Gasteiger charge is 2.08. The SMILES string of the molecule is CCOc1cc(/C=N\NC(=O)CNc2cccc(C)c2)cc(Br)c1O. The zero-order valence-electron chi connectivity index (χ0n) is 14.0. The van der Waals surface area contributed by atoms with Crippen molar-refractivity contribution in [3.8, 4) is 11.5 Å². The maximum absolute atomic E-state index is 11.8. The first-order chi connectivity index (χ1) is 12.0. The first-order valence-corrected chi connectivity index (χ1v) is 8.56. The van der Waals surface area contributed by atoms with Crippen LogP contribution in [0.3, 0.4) is 0 Å². The number of hydrogen-bond acceptors (Lipinski definition) is 5. The molecule has 6 nitrogen and oxygen atoms in total. The summed E-state index contributed by atoms with van der Waals surface area (Å²) in [6.07, 6.45) is 1.48. The number of nitrogens with one attached hydrogen (secondary N) is 2. The van der Waals surface area contributed by atoms with Gasteiger partial charge in [-0.25, -0.2) is 5.43 Å². The molecule has 0 aromatic heterocycles. The van der Waals surface area contributed by atoms with E-state index in [0.717, 1.165) is 11.3 Å². The zero-order chi connectivity index (χ0) is 18.2. The summed E-state index contributed by atoms with van der Waals surface area (Å²) in [5, 5.41) is 16.8. The molecule has 2 rings (SSSR count). The highest BCUT2D eigenvalue weighted by Crippen LogP contribution is 2.34. The third-order valence-corrected chi connectivity index (χ3v) is 3.83. The Labute approximate surface area is 155 Å². The lowest BCUT2D eigenvalue weighted by molar-refractivity contribution is -0.119. The van der Waals surface area contributed by atoms with Crippen molar-refractivity contribution < 1.29 is 14.6 Å². The van der Waals surface area contributed by atoms with Gasteiger partial charge in [-0.1, -0.05) is 12.1 Å². The van der Waals surface area contributed by atoms with E-state index in [-0.39, 0.29) is 18.2 Å². The third kappa shape index (κ3) is 5.79. The number of anilines is 1. The third-order valence-electron chi connectivity index (χ3n) is 3.22. The minimum Gasteiger partial charge on any atom is -0.503 e. The molecule has 0 aliphatic heterocycles. The molecule has 3 N–H and O–H groups in total. The largest absolute Gasteiger partial charge is 0.503 e. The number of phenols is 1. The highest BCUT2D eigenvalue weighted by molar-refractivity contribution is 9.10. The predicted molar refractivity (Wildman–Crippen MR) is 102 cm³/mol. The zero-order valence-corrected chi connectivity index (χ0v) is 15.6. The van der Waals surface area contributed by atoms with E-state index in [0.29, 0.717) is 22.4 Å². The fourth-order valence-electron chi connectivity index (χ4n) is 2.09. The molecule has 25 heavy (non-hydrogen) atoms. The predicted octanol–water partition coefficient (Wildman–Crippen LogP) is 3.42. The summed E-state index contributed by atoms with van der Waals surface area (Å²) in [6.45, 7) is 4.36. The van der Waals surface area contributed by atoms with E-state index in [1.165, 1.54) is 6.21 Å². The number of hydrazone groups is 1. The standard InChI is InChI=1S/C18H20BrN3O3/c1-3-25-16-9-13(8-15(19)18(16)24)10-21-22-17(23)11-20-14-6-4-5-12(2)7-14/h4-10,20,24H,3,11H2,1-2H3,(H,22,23)/b21-10-. The Balaban J connectivity index is 1.90. The van der Waals surface area contributed by atoms with E-state index >= 15 is 0 Å². The second-order valence-corrected chi connectivity index (χ2v) is 6.15. The summed E-state index contributed by atoms with van der Waals surface area (Å²) in [7, 11) is 0. The van der Waals surface area contributed by atoms with Gasteiger partial charge in [-0.2, -0.15) is 5.10 Å². The van der Waals surface area contributed by atoms with Gasteiger partial charge in [0, 0.05) is 5.69 Å². The summed E-state index contributed by atoms with van der Waals surface area (Å²) in [6, 6.07) is 11.1. The molecule has 0 unspecified atom stereocenters. The second kappa shape index (κ2) is 9.08. The van der Waals surface area contributed by atoms with E-state index in [2.05, 4.69) is 31.8 Å². The Morgan fingerprint density at radius 2 is 2.16 bits per heavy atom. The molecule has 0 bridgehead atoms. The number of aromatic hydroxyl groups is 1. The smallest absolute Gasteiger partial charge is 0.259 e.